The van der Waals surface area contributed by atoms with Gasteiger partial charge in [-0.25, -0.2) is 9.97 Å². The zero-order valence-corrected chi connectivity index (χ0v) is 19.0. The quantitative estimate of drug-likeness (QED) is 0.290. The SMILES string of the molecule is CCCCC(CC)CN1C(=O)c2ccc3c4c(ccc(c24)C1=O)-c1nc2cscc2nc1-3. The minimum Gasteiger partial charge on any atom is -0.274 e. The van der Waals surface area contributed by atoms with Gasteiger partial charge in [-0.2, -0.15) is 0 Å². The van der Waals surface area contributed by atoms with E-state index in [2.05, 4.69) is 13.8 Å². The molecule has 0 N–H and O–H groups in total. The van der Waals surface area contributed by atoms with E-state index in [0.29, 0.717) is 23.6 Å². The van der Waals surface area contributed by atoms with Gasteiger partial charge in [-0.15, -0.1) is 11.3 Å². The molecule has 1 unspecified atom stereocenters. The van der Waals surface area contributed by atoms with Crippen molar-refractivity contribution in [2.45, 2.75) is 39.5 Å². The minimum atomic E-state index is -0.182. The van der Waals surface area contributed by atoms with E-state index in [4.69, 9.17) is 9.97 Å². The van der Waals surface area contributed by atoms with E-state index < -0.39 is 0 Å². The molecule has 0 fully saturated rings. The third-order valence-electron chi connectivity index (χ3n) is 6.92. The average molecular weight is 442 g/mol. The van der Waals surface area contributed by atoms with Gasteiger partial charge in [-0.3, -0.25) is 14.5 Å². The summed E-state index contributed by atoms with van der Waals surface area (Å²) in [5.41, 5.74) is 6.56. The van der Waals surface area contributed by atoms with Crippen LogP contribution in [-0.4, -0.2) is 33.2 Å². The molecular formula is C26H23N3O2S. The number of nitrogens with zero attached hydrogens (tertiary/aromatic N) is 3. The number of hydrogen-bond acceptors (Lipinski definition) is 5. The highest BCUT2D eigenvalue weighted by Crippen LogP contribution is 2.49. The fourth-order valence-corrected chi connectivity index (χ4v) is 5.82. The molecular weight excluding hydrogens is 418 g/mol. The van der Waals surface area contributed by atoms with Gasteiger partial charge in [0, 0.05) is 50.3 Å². The highest BCUT2D eigenvalue weighted by atomic mass is 32.1. The highest BCUT2D eigenvalue weighted by molar-refractivity contribution is 7.09. The van der Waals surface area contributed by atoms with E-state index in [1.165, 1.54) is 4.90 Å². The molecule has 1 atom stereocenters. The molecule has 4 aromatic rings. The first-order valence-electron chi connectivity index (χ1n) is 11.3. The first-order chi connectivity index (χ1) is 15.6. The summed E-state index contributed by atoms with van der Waals surface area (Å²) < 4.78 is 0. The number of amides is 2. The maximum atomic E-state index is 13.5. The van der Waals surface area contributed by atoms with Crippen LogP contribution in [0.4, 0.5) is 0 Å². The van der Waals surface area contributed by atoms with Crippen LogP contribution in [0.15, 0.2) is 35.0 Å². The Hall–Kier alpha value is -3.12. The molecule has 2 aromatic heterocycles. The molecule has 32 heavy (non-hydrogen) atoms. The maximum Gasteiger partial charge on any atom is 0.261 e. The van der Waals surface area contributed by atoms with E-state index >= 15 is 0 Å². The molecule has 0 bridgehead atoms. The Morgan fingerprint density at radius 2 is 1.38 bits per heavy atom. The van der Waals surface area contributed by atoms with Gasteiger partial charge in [0.1, 0.15) is 11.0 Å². The number of aromatic nitrogens is 2. The Morgan fingerprint density at radius 1 is 0.844 bits per heavy atom. The molecule has 2 amide bonds. The zero-order chi connectivity index (χ0) is 22.0. The summed E-state index contributed by atoms with van der Waals surface area (Å²) in [6.07, 6.45) is 4.23. The lowest BCUT2D eigenvalue weighted by Gasteiger charge is -2.30. The number of hydrogen-bond donors (Lipinski definition) is 0. The van der Waals surface area contributed by atoms with Crippen molar-refractivity contribution >= 4 is 45.0 Å². The van der Waals surface area contributed by atoms with Crippen molar-refractivity contribution in [2.75, 3.05) is 6.54 Å². The van der Waals surface area contributed by atoms with Crippen molar-refractivity contribution in [1.82, 2.24) is 14.9 Å². The van der Waals surface area contributed by atoms with Gasteiger partial charge < -0.3 is 0 Å². The summed E-state index contributed by atoms with van der Waals surface area (Å²) in [4.78, 5) is 38.1. The Balaban J connectivity index is 1.49. The molecule has 2 aliphatic rings. The smallest absolute Gasteiger partial charge is 0.261 e. The van der Waals surface area contributed by atoms with E-state index in [9.17, 15) is 9.59 Å². The minimum absolute atomic E-state index is 0.182. The van der Waals surface area contributed by atoms with Crippen LogP contribution in [0.25, 0.3) is 44.3 Å². The van der Waals surface area contributed by atoms with Gasteiger partial charge >= 0.3 is 0 Å². The molecule has 160 valence electrons. The third-order valence-corrected chi connectivity index (χ3v) is 7.64. The van der Waals surface area contributed by atoms with Crippen molar-refractivity contribution in [3.8, 4) is 22.5 Å². The van der Waals surface area contributed by atoms with Gasteiger partial charge in [0.15, 0.2) is 0 Å². The van der Waals surface area contributed by atoms with Gasteiger partial charge in [0.25, 0.3) is 11.8 Å². The number of thiophene rings is 1. The van der Waals surface area contributed by atoms with Gasteiger partial charge in [-0.05, 0) is 24.5 Å². The lowest BCUT2D eigenvalue weighted by molar-refractivity contribution is 0.0580. The summed E-state index contributed by atoms with van der Waals surface area (Å²) in [5.74, 6) is -0.0308. The molecule has 1 aliphatic carbocycles. The van der Waals surface area contributed by atoms with Gasteiger partial charge in [0.05, 0.1) is 11.4 Å². The van der Waals surface area contributed by atoms with Crippen LogP contribution in [-0.2, 0) is 0 Å². The Kier molecular flexibility index (Phi) is 4.40. The number of benzene rings is 2. The monoisotopic (exact) mass is 441 g/mol. The van der Waals surface area contributed by atoms with Crippen LogP contribution in [0.5, 0.6) is 0 Å². The predicted octanol–water partition coefficient (Wildman–Crippen LogP) is 6.30. The number of carbonyl (C=O) groups excluding carboxylic acids is 2. The Labute approximate surface area is 190 Å². The largest absolute Gasteiger partial charge is 0.274 e. The molecule has 0 radical (unpaired) electrons. The van der Waals surface area contributed by atoms with Crippen molar-refractivity contribution < 1.29 is 9.59 Å². The number of rotatable bonds is 6. The zero-order valence-electron chi connectivity index (χ0n) is 18.1. The van der Waals surface area contributed by atoms with Crippen molar-refractivity contribution in [3.63, 3.8) is 0 Å². The summed E-state index contributed by atoms with van der Waals surface area (Å²) in [7, 11) is 0. The van der Waals surface area contributed by atoms with Gasteiger partial charge in [0.2, 0.25) is 0 Å². The number of fused-ring (bicyclic) bond motifs is 4. The lowest BCUT2D eigenvalue weighted by Crippen LogP contribution is -2.43. The summed E-state index contributed by atoms with van der Waals surface area (Å²) in [5, 5.41) is 5.69. The fourth-order valence-electron chi connectivity index (χ4n) is 5.14. The maximum absolute atomic E-state index is 13.5. The molecule has 0 saturated carbocycles. The van der Waals surface area contributed by atoms with Crippen molar-refractivity contribution in [3.05, 3.63) is 46.2 Å². The van der Waals surface area contributed by atoms with Gasteiger partial charge in [-0.1, -0.05) is 45.2 Å². The number of unbranched alkanes of at least 4 members (excludes halogenated alkanes) is 1. The van der Waals surface area contributed by atoms with Crippen LogP contribution in [0.3, 0.4) is 0 Å². The third kappa shape index (κ3) is 2.62. The standard InChI is InChI=1S/C26H23N3O2S/c1-3-5-6-14(4-2)11-29-25(30)17-9-7-15-21-16(8-10-18(22(17)21)26(29)31)24-23(15)27-19-12-32-13-20(19)28-24/h7-10,12-14H,3-6,11H2,1-2H3. The predicted molar refractivity (Wildman–Crippen MR) is 128 cm³/mol. The topological polar surface area (TPSA) is 63.2 Å². The van der Waals surface area contributed by atoms with Crippen LogP contribution < -0.4 is 0 Å². The van der Waals surface area contributed by atoms with Crippen LogP contribution in [0, 0.1) is 5.92 Å². The molecule has 6 heteroatoms. The second-order valence-electron chi connectivity index (χ2n) is 8.77. The molecule has 5 nitrogen and oxygen atoms in total. The van der Waals surface area contributed by atoms with E-state index in [0.717, 1.165) is 70.0 Å². The van der Waals surface area contributed by atoms with E-state index in [1.807, 2.05) is 35.0 Å². The number of imide groups is 1. The highest BCUT2D eigenvalue weighted by Gasteiger charge is 2.37. The Bertz CT molecular complexity index is 1350. The normalized spacial score (nSPS) is 15.1. The molecule has 1 aliphatic heterocycles. The van der Waals surface area contributed by atoms with E-state index in [1.54, 1.807) is 11.3 Å². The lowest BCUT2D eigenvalue weighted by atomic mass is 9.89. The van der Waals surface area contributed by atoms with Crippen LogP contribution in [0.2, 0.25) is 0 Å². The van der Waals surface area contributed by atoms with Crippen molar-refractivity contribution in [2.24, 2.45) is 5.92 Å². The second-order valence-corrected chi connectivity index (χ2v) is 9.52. The first kappa shape index (κ1) is 19.6. The van der Waals surface area contributed by atoms with Crippen LogP contribution >= 0.6 is 11.3 Å². The fraction of sp³-hybridized carbons (Fsp3) is 0.308. The molecule has 0 spiro atoms. The summed E-state index contributed by atoms with van der Waals surface area (Å²) in [6, 6.07) is 7.69. The van der Waals surface area contributed by atoms with E-state index in [-0.39, 0.29) is 11.8 Å². The molecule has 6 rings (SSSR count). The molecule has 2 aromatic carbocycles. The Morgan fingerprint density at radius 3 is 1.91 bits per heavy atom. The van der Waals surface area contributed by atoms with Crippen LogP contribution in [0.1, 0.15) is 60.2 Å². The summed E-state index contributed by atoms with van der Waals surface area (Å²) in [6.45, 7) is 4.79. The first-order valence-corrected chi connectivity index (χ1v) is 12.3. The summed E-state index contributed by atoms with van der Waals surface area (Å²) >= 11 is 1.59. The average Bonchev–Trinajstić information content (AvgIpc) is 3.40. The van der Waals surface area contributed by atoms with Crippen molar-refractivity contribution in [1.29, 1.82) is 0 Å². The molecule has 3 heterocycles. The molecule has 0 saturated heterocycles. The second kappa shape index (κ2) is 7.20. The number of carbonyl (C=O) groups is 2.